The van der Waals surface area contributed by atoms with Gasteiger partial charge in [-0.1, -0.05) is 222 Å². The number of carbonyl (C=O) groups excluding carboxylic acids is 3. The summed E-state index contributed by atoms with van der Waals surface area (Å²) in [6.45, 7) is 6.37. The molecule has 0 fully saturated rings. The molecule has 0 spiro atoms. The van der Waals surface area contributed by atoms with Gasteiger partial charge in [0.05, 0.1) is 0 Å². The Morgan fingerprint density at radius 1 is 0.333 bits per heavy atom. The lowest BCUT2D eigenvalue weighted by molar-refractivity contribution is -0.167. The van der Waals surface area contributed by atoms with E-state index in [2.05, 4.69) is 93.7 Å². The molecular formula is C57H98O6. The smallest absolute Gasteiger partial charge is 0.306 e. The van der Waals surface area contributed by atoms with Crippen LogP contribution in [0.1, 0.15) is 252 Å². The number of ether oxygens (including phenoxy) is 3. The molecule has 1 atom stereocenters. The lowest BCUT2D eigenvalue weighted by Gasteiger charge is -2.18. The monoisotopic (exact) mass is 879 g/mol. The van der Waals surface area contributed by atoms with Crippen molar-refractivity contribution < 1.29 is 28.6 Å². The van der Waals surface area contributed by atoms with Crippen molar-refractivity contribution in [3.8, 4) is 0 Å². The summed E-state index contributed by atoms with van der Waals surface area (Å²) in [5.41, 5.74) is 0. The fourth-order valence-electron chi connectivity index (χ4n) is 7.29. The van der Waals surface area contributed by atoms with E-state index in [1.165, 1.54) is 109 Å². The van der Waals surface area contributed by atoms with E-state index in [4.69, 9.17) is 14.2 Å². The van der Waals surface area contributed by atoms with Gasteiger partial charge in [0.25, 0.3) is 0 Å². The molecule has 1 unspecified atom stereocenters. The molecule has 0 aromatic heterocycles. The summed E-state index contributed by atoms with van der Waals surface area (Å²) in [4.78, 5) is 37.9. The van der Waals surface area contributed by atoms with E-state index in [1.54, 1.807) is 0 Å². The van der Waals surface area contributed by atoms with Crippen LogP contribution in [0.2, 0.25) is 0 Å². The van der Waals surface area contributed by atoms with Gasteiger partial charge < -0.3 is 14.2 Å². The van der Waals surface area contributed by atoms with Crippen LogP contribution in [0.25, 0.3) is 0 Å². The van der Waals surface area contributed by atoms with Crippen molar-refractivity contribution in [1.82, 2.24) is 0 Å². The van der Waals surface area contributed by atoms with Crippen molar-refractivity contribution in [2.45, 2.75) is 258 Å². The van der Waals surface area contributed by atoms with Gasteiger partial charge in [0, 0.05) is 19.3 Å². The topological polar surface area (TPSA) is 78.9 Å². The molecule has 0 saturated heterocycles. The van der Waals surface area contributed by atoms with Crippen LogP contribution in [0.3, 0.4) is 0 Å². The Balaban J connectivity index is 4.33. The number of carbonyl (C=O) groups is 3. The largest absolute Gasteiger partial charge is 0.462 e. The fourth-order valence-corrected chi connectivity index (χ4v) is 7.29. The molecule has 0 amide bonds. The number of hydrogen-bond acceptors (Lipinski definition) is 6. The van der Waals surface area contributed by atoms with Gasteiger partial charge in [0.15, 0.2) is 6.10 Å². The van der Waals surface area contributed by atoms with Crippen LogP contribution >= 0.6 is 0 Å². The van der Waals surface area contributed by atoms with Crippen LogP contribution in [-0.2, 0) is 28.6 Å². The van der Waals surface area contributed by atoms with E-state index in [0.717, 1.165) is 103 Å². The van der Waals surface area contributed by atoms with Crippen LogP contribution in [0.4, 0.5) is 0 Å². The van der Waals surface area contributed by atoms with E-state index < -0.39 is 6.10 Å². The minimum absolute atomic E-state index is 0.0918. The normalized spacial score (nSPS) is 12.6. The Bertz CT molecular complexity index is 1190. The molecule has 0 aliphatic carbocycles. The molecule has 63 heavy (non-hydrogen) atoms. The second-order valence-corrected chi connectivity index (χ2v) is 17.4. The predicted octanol–water partition coefficient (Wildman–Crippen LogP) is 17.4. The molecule has 0 N–H and O–H groups in total. The van der Waals surface area contributed by atoms with Crippen LogP contribution < -0.4 is 0 Å². The average Bonchev–Trinajstić information content (AvgIpc) is 3.28. The highest BCUT2D eigenvalue weighted by molar-refractivity contribution is 5.71. The maximum absolute atomic E-state index is 12.8. The van der Waals surface area contributed by atoms with Gasteiger partial charge in [-0.25, -0.2) is 0 Å². The third-order valence-electron chi connectivity index (χ3n) is 11.2. The third-order valence-corrected chi connectivity index (χ3v) is 11.2. The highest BCUT2D eigenvalue weighted by Crippen LogP contribution is 2.16. The van der Waals surface area contributed by atoms with Crippen molar-refractivity contribution in [1.29, 1.82) is 0 Å². The van der Waals surface area contributed by atoms with E-state index in [-0.39, 0.29) is 31.1 Å². The molecule has 0 bridgehead atoms. The number of esters is 3. The van der Waals surface area contributed by atoms with Gasteiger partial charge in [-0.3, -0.25) is 14.4 Å². The van der Waals surface area contributed by atoms with Gasteiger partial charge in [-0.2, -0.15) is 0 Å². The van der Waals surface area contributed by atoms with Crippen molar-refractivity contribution in [3.05, 3.63) is 72.9 Å². The number of allylic oxidation sites excluding steroid dienone is 12. The number of rotatable bonds is 47. The molecule has 6 nitrogen and oxygen atoms in total. The minimum Gasteiger partial charge on any atom is -0.462 e. The van der Waals surface area contributed by atoms with Crippen LogP contribution in [0, 0.1) is 0 Å². The molecule has 0 aliphatic heterocycles. The highest BCUT2D eigenvalue weighted by atomic mass is 16.6. The standard InChI is InChI=1S/C57H98O6/c1-4-7-10-13-16-19-21-23-25-27-28-30-31-33-35-38-41-44-47-50-56(59)62-53-54(52-61-55(58)49-46-43-40-37-18-15-12-9-6-3)63-57(60)51-48-45-42-39-36-34-32-29-26-24-22-20-17-14-11-8-5-2/h7,9-10,12,16,18-19,23,25,28,30,37,54H,4-6,8,11,13-15,17,20-22,24,26-27,29,31-36,38-53H2,1-3H3/b10-7-,12-9-,19-16-,25-23-,30-28-,37-18-. The summed E-state index contributed by atoms with van der Waals surface area (Å²) in [5, 5.41) is 0. The summed E-state index contributed by atoms with van der Waals surface area (Å²) in [5.74, 6) is -0.937. The minimum atomic E-state index is -0.791. The second-order valence-electron chi connectivity index (χ2n) is 17.4. The summed E-state index contributed by atoms with van der Waals surface area (Å²) in [6, 6.07) is 0. The van der Waals surface area contributed by atoms with Gasteiger partial charge >= 0.3 is 17.9 Å². The second kappa shape index (κ2) is 51.5. The fraction of sp³-hybridized carbons (Fsp3) is 0.737. The Morgan fingerprint density at radius 3 is 1.00 bits per heavy atom. The van der Waals surface area contributed by atoms with E-state index in [9.17, 15) is 14.4 Å². The molecule has 0 saturated carbocycles. The first kappa shape index (κ1) is 59.9. The Hall–Kier alpha value is -3.15. The van der Waals surface area contributed by atoms with Crippen molar-refractivity contribution in [3.63, 3.8) is 0 Å². The van der Waals surface area contributed by atoms with Gasteiger partial charge in [-0.15, -0.1) is 0 Å². The Morgan fingerprint density at radius 2 is 0.619 bits per heavy atom. The molecule has 0 radical (unpaired) electrons. The van der Waals surface area contributed by atoms with Gasteiger partial charge in [0.1, 0.15) is 13.2 Å². The van der Waals surface area contributed by atoms with Gasteiger partial charge in [-0.05, 0) is 83.5 Å². The first-order valence-electron chi connectivity index (χ1n) is 26.4. The zero-order valence-corrected chi connectivity index (χ0v) is 41.3. The molecule has 0 aromatic rings. The van der Waals surface area contributed by atoms with Gasteiger partial charge in [0.2, 0.25) is 0 Å². The van der Waals surface area contributed by atoms with Crippen molar-refractivity contribution in [2.24, 2.45) is 0 Å². The summed E-state index contributed by atoms with van der Waals surface area (Å²) in [6.07, 6.45) is 64.7. The number of unbranched alkanes of at least 4 members (excludes halogenated alkanes) is 24. The van der Waals surface area contributed by atoms with Crippen LogP contribution in [-0.4, -0.2) is 37.2 Å². The highest BCUT2D eigenvalue weighted by Gasteiger charge is 2.19. The van der Waals surface area contributed by atoms with Crippen molar-refractivity contribution in [2.75, 3.05) is 13.2 Å². The van der Waals surface area contributed by atoms with E-state index >= 15 is 0 Å². The van der Waals surface area contributed by atoms with Crippen LogP contribution in [0.5, 0.6) is 0 Å². The summed E-state index contributed by atoms with van der Waals surface area (Å²) < 4.78 is 16.7. The first-order valence-corrected chi connectivity index (χ1v) is 26.4. The SMILES string of the molecule is CC/C=C\C/C=C\C/C=C\C/C=C\CCCCCCCCC(=O)OCC(COC(=O)CCCC/C=C\C/C=C\CC)OC(=O)CCCCCCCCCCCCCCCCCCC. The zero-order valence-electron chi connectivity index (χ0n) is 41.3. The summed E-state index contributed by atoms with van der Waals surface area (Å²) >= 11 is 0. The predicted molar refractivity (Wildman–Crippen MR) is 270 cm³/mol. The van der Waals surface area contributed by atoms with E-state index in [1.807, 2.05) is 0 Å². The Labute approximate surface area is 389 Å². The average molecular weight is 879 g/mol. The quantitative estimate of drug-likeness (QED) is 0.0262. The zero-order chi connectivity index (χ0) is 45.8. The maximum atomic E-state index is 12.8. The molecule has 6 heteroatoms. The lowest BCUT2D eigenvalue weighted by Crippen LogP contribution is -2.30. The molecule has 0 aromatic carbocycles. The van der Waals surface area contributed by atoms with E-state index in [0.29, 0.717) is 19.3 Å². The molecule has 362 valence electrons. The molecular weight excluding hydrogens is 781 g/mol. The number of hydrogen-bond donors (Lipinski definition) is 0. The lowest BCUT2D eigenvalue weighted by atomic mass is 10.0. The summed E-state index contributed by atoms with van der Waals surface area (Å²) in [7, 11) is 0. The molecule has 0 rings (SSSR count). The third kappa shape index (κ3) is 49.7. The van der Waals surface area contributed by atoms with Crippen molar-refractivity contribution >= 4 is 17.9 Å². The molecule has 0 heterocycles. The van der Waals surface area contributed by atoms with Crippen LogP contribution in [0.15, 0.2) is 72.9 Å². The first-order chi connectivity index (χ1) is 31.0. The Kier molecular flexibility index (Phi) is 48.9. The molecule has 0 aliphatic rings. The maximum Gasteiger partial charge on any atom is 0.306 e.